The van der Waals surface area contributed by atoms with Crippen molar-refractivity contribution in [3.05, 3.63) is 47.3 Å². The summed E-state index contributed by atoms with van der Waals surface area (Å²) in [5.74, 6) is 2.33. The molecule has 3 saturated carbocycles. The Bertz CT molecular complexity index is 898. The molecule has 1 aromatic heterocycles. The van der Waals surface area contributed by atoms with Crippen molar-refractivity contribution in [3.63, 3.8) is 0 Å². The molecular formula is C25H29NO2. The van der Waals surface area contributed by atoms with Crippen LogP contribution in [0.2, 0.25) is 0 Å². The minimum atomic E-state index is -0.211. The van der Waals surface area contributed by atoms with E-state index in [2.05, 4.69) is 24.9 Å². The second kappa shape index (κ2) is 6.23. The Hall–Kier alpha value is -2.03. The molecule has 4 aliphatic carbocycles. The van der Waals surface area contributed by atoms with E-state index in [1.807, 2.05) is 24.4 Å². The lowest BCUT2D eigenvalue weighted by Crippen LogP contribution is -2.50. The summed E-state index contributed by atoms with van der Waals surface area (Å²) in [4.78, 5) is 29.6. The lowest BCUT2D eigenvalue weighted by Gasteiger charge is -2.56. The molecule has 0 aromatic carbocycles. The molecular weight excluding hydrogens is 346 g/mol. The van der Waals surface area contributed by atoms with Crippen LogP contribution >= 0.6 is 0 Å². The quantitative estimate of drug-likeness (QED) is 0.636. The number of carbonyl (C=O) groups is 2. The largest absolute Gasteiger partial charge is 0.295 e. The summed E-state index contributed by atoms with van der Waals surface area (Å²) < 4.78 is 0. The number of carbonyl (C=O) groups excluding carboxylic acids is 2. The Labute approximate surface area is 167 Å². The fourth-order valence-electron chi connectivity index (χ4n) is 7.02. The van der Waals surface area contributed by atoms with Crippen molar-refractivity contribution in [2.45, 2.75) is 58.8 Å². The predicted octanol–water partition coefficient (Wildman–Crippen LogP) is 5.18. The molecule has 0 unspecified atom stereocenters. The average molecular weight is 376 g/mol. The van der Waals surface area contributed by atoms with Gasteiger partial charge in [0.2, 0.25) is 0 Å². The molecule has 0 bridgehead atoms. The lowest BCUT2D eigenvalue weighted by molar-refractivity contribution is -0.130. The van der Waals surface area contributed by atoms with Gasteiger partial charge in [0.1, 0.15) is 0 Å². The maximum Gasteiger partial charge on any atom is 0.165 e. The zero-order chi connectivity index (χ0) is 19.5. The third-order valence-corrected chi connectivity index (χ3v) is 8.63. The third kappa shape index (κ3) is 2.51. The molecule has 0 amide bonds. The van der Waals surface area contributed by atoms with Gasteiger partial charge in [0.05, 0.1) is 0 Å². The van der Waals surface area contributed by atoms with E-state index in [0.717, 1.165) is 49.7 Å². The molecule has 5 atom stereocenters. The number of nitrogens with zero attached hydrogens (tertiary/aromatic N) is 1. The molecule has 0 spiro atoms. The summed E-state index contributed by atoms with van der Waals surface area (Å²) in [6.45, 7) is 4.62. The van der Waals surface area contributed by atoms with Gasteiger partial charge in [-0.3, -0.25) is 14.6 Å². The number of hydrogen-bond donors (Lipinski definition) is 0. The molecule has 1 aromatic rings. The first kappa shape index (κ1) is 18.0. The van der Waals surface area contributed by atoms with Gasteiger partial charge >= 0.3 is 0 Å². The van der Waals surface area contributed by atoms with Crippen LogP contribution in [0.4, 0.5) is 0 Å². The van der Waals surface area contributed by atoms with E-state index in [1.165, 1.54) is 5.57 Å². The van der Waals surface area contributed by atoms with Gasteiger partial charge in [-0.1, -0.05) is 25.5 Å². The highest BCUT2D eigenvalue weighted by Gasteiger charge is 2.60. The number of aromatic nitrogens is 1. The van der Waals surface area contributed by atoms with E-state index in [4.69, 9.17) is 0 Å². The predicted molar refractivity (Wildman–Crippen MR) is 109 cm³/mol. The van der Waals surface area contributed by atoms with Crippen LogP contribution in [0.15, 0.2) is 41.7 Å². The van der Waals surface area contributed by atoms with Gasteiger partial charge < -0.3 is 0 Å². The van der Waals surface area contributed by atoms with Crippen LogP contribution in [0, 0.1) is 28.6 Å². The number of pyridine rings is 1. The smallest absolute Gasteiger partial charge is 0.165 e. The van der Waals surface area contributed by atoms with Crippen molar-refractivity contribution < 1.29 is 9.59 Å². The summed E-state index contributed by atoms with van der Waals surface area (Å²) in [5, 5.41) is 0. The van der Waals surface area contributed by atoms with E-state index >= 15 is 0 Å². The van der Waals surface area contributed by atoms with Crippen molar-refractivity contribution >= 4 is 17.6 Å². The minimum Gasteiger partial charge on any atom is -0.295 e. The Morgan fingerprint density at radius 2 is 1.93 bits per heavy atom. The zero-order valence-electron chi connectivity index (χ0n) is 16.9. The standard InChI is InChI=1S/C25H29NO2/c1-24-9-7-19(27)14-18(24)5-6-20-21(24)8-10-25(2)22(20)13-17(23(25)28)12-16-4-3-11-26-15-16/h3-4,11-12,14-15,20-22H,5-10,13H2,1-2H3/b17-12+/t20-,21+,22+,24+,25+/m1/s1. The molecule has 3 heteroatoms. The van der Waals surface area contributed by atoms with E-state index in [9.17, 15) is 9.59 Å². The highest BCUT2D eigenvalue weighted by molar-refractivity contribution is 6.05. The molecule has 28 heavy (non-hydrogen) atoms. The molecule has 0 N–H and O–H groups in total. The Morgan fingerprint density at radius 1 is 1.07 bits per heavy atom. The summed E-state index contributed by atoms with van der Waals surface area (Å²) in [6, 6.07) is 3.95. The van der Waals surface area contributed by atoms with Gasteiger partial charge in [-0.15, -0.1) is 0 Å². The molecule has 0 radical (unpaired) electrons. The molecule has 4 aliphatic rings. The van der Waals surface area contributed by atoms with E-state index in [1.54, 1.807) is 6.20 Å². The highest BCUT2D eigenvalue weighted by Crippen LogP contribution is 2.65. The maximum atomic E-state index is 13.4. The van der Waals surface area contributed by atoms with Crippen LogP contribution in [0.25, 0.3) is 6.08 Å². The van der Waals surface area contributed by atoms with Crippen LogP contribution in [-0.4, -0.2) is 16.6 Å². The highest BCUT2D eigenvalue weighted by atomic mass is 16.1. The summed E-state index contributed by atoms with van der Waals surface area (Å²) in [6.07, 6.45) is 14.5. The van der Waals surface area contributed by atoms with E-state index < -0.39 is 0 Å². The van der Waals surface area contributed by atoms with Crippen molar-refractivity contribution in [1.29, 1.82) is 0 Å². The normalized spacial score (nSPS) is 41.3. The number of hydrogen-bond acceptors (Lipinski definition) is 3. The van der Waals surface area contributed by atoms with Crippen molar-refractivity contribution in [2.24, 2.45) is 28.6 Å². The number of allylic oxidation sites excluding steroid dienone is 2. The SMILES string of the molecule is C[C@]12CCC(=O)C=C1CC[C@@H]1[C@@H]2CC[C@]2(C)C(=O)/C(=C/c3cccnc3)C[C@@H]12. The average Bonchev–Trinajstić information content (AvgIpc) is 2.94. The monoisotopic (exact) mass is 375 g/mol. The lowest BCUT2D eigenvalue weighted by atomic mass is 9.47. The van der Waals surface area contributed by atoms with Crippen LogP contribution in [0.5, 0.6) is 0 Å². The first-order valence-electron chi connectivity index (χ1n) is 10.8. The van der Waals surface area contributed by atoms with Crippen LogP contribution in [-0.2, 0) is 9.59 Å². The molecule has 5 rings (SSSR count). The minimum absolute atomic E-state index is 0.164. The fraction of sp³-hybridized carbons (Fsp3) is 0.560. The Kier molecular flexibility index (Phi) is 4.01. The van der Waals surface area contributed by atoms with Crippen molar-refractivity contribution in [1.82, 2.24) is 4.98 Å². The molecule has 146 valence electrons. The summed E-state index contributed by atoms with van der Waals surface area (Å²) in [7, 11) is 0. The second-order valence-corrected chi connectivity index (χ2v) is 9.91. The van der Waals surface area contributed by atoms with Crippen molar-refractivity contribution in [3.8, 4) is 0 Å². The van der Waals surface area contributed by atoms with Gasteiger partial charge in [0, 0.05) is 24.2 Å². The molecule has 1 heterocycles. The summed E-state index contributed by atoms with van der Waals surface area (Å²) in [5.41, 5.74) is 3.36. The molecule has 0 saturated heterocycles. The van der Waals surface area contributed by atoms with Crippen LogP contribution in [0.1, 0.15) is 64.4 Å². The van der Waals surface area contributed by atoms with Gasteiger partial charge in [-0.25, -0.2) is 0 Å². The Morgan fingerprint density at radius 3 is 2.71 bits per heavy atom. The van der Waals surface area contributed by atoms with Crippen molar-refractivity contribution in [2.75, 3.05) is 0 Å². The molecule has 0 aliphatic heterocycles. The van der Waals surface area contributed by atoms with Crippen LogP contribution in [0.3, 0.4) is 0 Å². The van der Waals surface area contributed by atoms with Gasteiger partial charge in [-0.05, 0) is 91.0 Å². The Balaban J connectivity index is 1.49. The molecule has 3 nitrogen and oxygen atoms in total. The first-order valence-corrected chi connectivity index (χ1v) is 10.8. The van der Waals surface area contributed by atoms with Gasteiger partial charge in [0.25, 0.3) is 0 Å². The maximum absolute atomic E-state index is 13.4. The van der Waals surface area contributed by atoms with Gasteiger partial charge in [0.15, 0.2) is 11.6 Å². The van der Waals surface area contributed by atoms with E-state index in [-0.39, 0.29) is 10.8 Å². The third-order valence-electron chi connectivity index (χ3n) is 8.63. The number of fused-ring (bicyclic) bond motifs is 5. The number of rotatable bonds is 1. The van der Waals surface area contributed by atoms with Crippen LogP contribution < -0.4 is 0 Å². The fourth-order valence-corrected chi connectivity index (χ4v) is 7.02. The van der Waals surface area contributed by atoms with Gasteiger partial charge in [-0.2, -0.15) is 0 Å². The number of ketones is 2. The zero-order valence-corrected chi connectivity index (χ0v) is 16.9. The molecule has 3 fully saturated rings. The first-order chi connectivity index (χ1) is 13.4. The summed E-state index contributed by atoms with van der Waals surface area (Å²) >= 11 is 0. The van der Waals surface area contributed by atoms with E-state index in [0.29, 0.717) is 35.7 Å². The second-order valence-electron chi connectivity index (χ2n) is 9.91. The topological polar surface area (TPSA) is 47.0 Å². The number of Topliss-reactive ketones (excluding diaryl/α,β-unsaturated/α-hetero) is 1.